The van der Waals surface area contributed by atoms with E-state index in [1.807, 2.05) is 25.6 Å². The van der Waals surface area contributed by atoms with Crippen LogP contribution in [0.2, 0.25) is 0 Å². The van der Waals surface area contributed by atoms with Crippen molar-refractivity contribution in [1.29, 1.82) is 0 Å². The lowest BCUT2D eigenvalue weighted by Crippen LogP contribution is -2.37. The maximum atomic E-state index is 5.36. The Morgan fingerprint density at radius 1 is 1.21 bits per heavy atom. The molecule has 3 heterocycles. The highest BCUT2D eigenvalue weighted by atomic mass is 16.5. The molecule has 0 spiro atoms. The summed E-state index contributed by atoms with van der Waals surface area (Å²) in [6.07, 6.45) is 0. The summed E-state index contributed by atoms with van der Waals surface area (Å²) in [4.78, 5) is 6.86. The lowest BCUT2D eigenvalue weighted by Gasteiger charge is -2.26. The van der Waals surface area contributed by atoms with Gasteiger partial charge in [-0.05, 0) is 13.8 Å². The maximum absolute atomic E-state index is 5.36. The zero-order valence-electron chi connectivity index (χ0n) is 11.5. The molecule has 2 aromatic heterocycles. The third-order valence-electron chi connectivity index (χ3n) is 3.39. The zero-order chi connectivity index (χ0) is 13.4. The fourth-order valence-electron chi connectivity index (χ4n) is 2.40. The van der Waals surface area contributed by atoms with Crippen molar-refractivity contribution in [2.24, 2.45) is 7.05 Å². The first-order valence-corrected chi connectivity index (χ1v) is 6.42. The van der Waals surface area contributed by atoms with Crippen molar-refractivity contribution >= 4 is 5.95 Å². The molecule has 7 nitrogen and oxygen atoms in total. The van der Waals surface area contributed by atoms with Gasteiger partial charge in [-0.2, -0.15) is 10.1 Å². The number of morpholine rings is 1. The van der Waals surface area contributed by atoms with Crippen molar-refractivity contribution in [3.05, 3.63) is 11.4 Å². The van der Waals surface area contributed by atoms with Gasteiger partial charge in [-0.3, -0.25) is 5.10 Å². The molecule has 2 aromatic rings. The van der Waals surface area contributed by atoms with Gasteiger partial charge in [0.15, 0.2) is 5.82 Å². The highest BCUT2D eigenvalue weighted by molar-refractivity contribution is 5.62. The Kier molecular flexibility index (Phi) is 2.98. The molecule has 0 amide bonds. The summed E-state index contributed by atoms with van der Waals surface area (Å²) in [5, 5.41) is 11.7. The van der Waals surface area contributed by atoms with E-state index in [2.05, 4.69) is 25.2 Å². The van der Waals surface area contributed by atoms with Crippen LogP contribution in [-0.2, 0) is 11.8 Å². The van der Waals surface area contributed by atoms with E-state index in [1.54, 1.807) is 0 Å². The topological polar surface area (TPSA) is 71.9 Å². The molecule has 0 bridgehead atoms. The predicted molar refractivity (Wildman–Crippen MR) is 71.1 cm³/mol. The van der Waals surface area contributed by atoms with E-state index in [1.165, 1.54) is 0 Å². The Labute approximate surface area is 111 Å². The molecular weight excluding hydrogens is 244 g/mol. The first kappa shape index (κ1) is 12.2. The number of anilines is 1. The van der Waals surface area contributed by atoms with Crippen LogP contribution in [0.4, 0.5) is 5.95 Å². The molecule has 3 rings (SSSR count). The molecule has 1 N–H and O–H groups in total. The number of ether oxygens (including phenoxy) is 1. The van der Waals surface area contributed by atoms with Gasteiger partial charge < -0.3 is 9.64 Å². The number of nitrogens with one attached hydrogen (secondary N) is 1. The average Bonchev–Trinajstić information content (AvgIpc) is 2.94. The molecule has 1 aliphatic rings. The summed E-state index contributed by atoms with van der Waals surface area (Å²) in [6.45, 7) is 7.15. The summed E-state index contributed by atoms with van der Waals surface area (Å²) in [5.41, 5.74) is 2.92. The van der Waals surface area contributed by atoms with Crippen LogP contribution in [0.25, 0.3) is 11.4 Å². The lowest BCUT2D eigenvalue weighted by molar-refractivity contribution is 0.121. The molecule has 0 saturated carbocycles. The number of hydrogen-bond acceptors (Lipinski definition) is 5. The molecule has 0 unspecified atom stereocenters. The number of nitrogens with zero attached hydrogens (tertiary/aromatic N) is 5. The molecule has 1 aliphatic heterocycles. The number of H-pyrrole nitrogens is 1. The van der Waals surface area contributed by atoms with Gasteiger partial charge in [0.2, 0.25) is 5.95 Å². The first-order valence-electron chi connectivity index (χ1n) is 6.42. The SMILES string of the molecule is Cc1n[nH]c(C)c1-c1nc(N2CCOCC2)n(C)n1. The number of aryl methyl sites for hydroxylation is 3. The van der Waals surface area contributed by atoms with Crippen LogP contribution >= 0.6 is 0 Å². The van der Waals surface area contributed by atoms with Gasteiger partial charge in [-0.15, -0.1) is 5.10 Å². The van der Waals surface area contributed by atoms with E-state index in [-0.39, 0.29) is 0 Å². The van der Waals surface area contributed by atoms with Crippen molar-refractivity contribution in [3.8, 4) is 11.4 Å². The van der Waals surface area contributed by atoms with Crippen molar-refractivity contribution in [3.63, 3.8) is 0 Å². The van der Waals surface area contributed by atoms with Crippen molar-refractivity contribution in [1.82, 2.24) is 25.0 Å². The van der Waals surface area contributed by atoms with E-state index in [0.29, 0.717) is 0 Å². The molecule has 19 heavy (non-hydrogen) atoms. The predicted octanol–water partition coefficient (Wildman–Crippen LogP) is 0.659. The smallest absolute Gasteiger partial charge is 0.224 e. The molecule has 102 valence electrons. The van der Waals surface area contributed by atoms with E-state index < -0.39 is 0 Å². The second kappa shape index (κ2) is 4.65. The molecule has 0 atom stereocenters. The monoisotopic (exact) mass is 262 g/mol. The Morgan fingerprint density at radius 3 is 2.58 bits per heavy atom. The number of rotatable bonds is 2. The minimum absolute atomic E-state index is 0.729. The molecular formula is C12H18N6O. The van der Waals surface area contributed by atoms with Crippen molar-refractivity contribution in [2.75, 3.05) is 31.2 Å². The van der Waals surface area contributed by atoms with E-state index >= 15 is 0 Å². The van der Waals surface area contributed by atoms with E-state index in [4.69, 9.17) is 4.74 Å². The second-order valence-electron chi connectivity index (χ2n) is 4.77. The first-order chi connectivity index (χ1) is 9.16. The number of hydrogen-bond donors (Lipinski definition) is 1. The molecule has 0 aromatic carbocycles. The largest absolute Gasteiger partial charge is 0.378 e. The van der Waals surface area contributed by atoms with Gasteiger partial charge in [0, 0.05) is 25.8 Å². The normalized spacial score (nSPS) is 16.1. The highest BCUT2D eigenvalue weighted by Gasteiger charge is 2.20. The fourth-order valence-corrected chi connectivity index (χ4v) is 2.40. The van der Waals surface area contributed by atoms with Crippen molar-refractivity contribution < 1.29 is 4.74 Å². The van der Waals surface area contributed by atoms with Crippen LogP contribution < -0.4 is 4.90 Å². The Bertz CT molecular complexity index is 562. The average molecular weight is 262 g/mol. The Morgan fingerprint density at radius 2 is 1.95 bits per heavy atom. The minimum atomic E-state index is 0.729. The van der Waals surface area contributed by atoms with E-state index in [0.717, 1.165) is 55.0 Å². The third-order valence-corrected chi connectivity index (χ3v) is 3.39. The molecule has 0 radical (unpaired) electrons. The summed E-state index contributed by atoms with van der Waals surface area (Å²) in [6, 6.07) is 0. The standard InChI is InChI=1S/C12H18N6O/c1-8-10(9(2)15-14-8)11-13-12(17(3)16-11)18-4-6-19-7-5-18/h4-7H2,1-3H3,(H,14,15). The molecule has 1 fully saturated rings. The van der Waals surface area contributed by atoms with Gasteiger partial charge in [0.25, 0.3) is 0 Å². The van der Waals surface area contributed by atoms with Crippen LogP contribution in [0.3, 0.4) is 0 Å². The van der Waals surface area contributed by atoms with Crippen LogP contribution in [0, 0.1) is 13.8 Å². The van der Waals surface area contributed by atoms with Gasteiger partial charge in [-0.1, -0.05) is 0 Å². The number of aromatic amines is 1. The summed E-state index contributed by atoms with van der Waals surface area (Å²) in [7, 11) is 1.92. The summed E-state index contributed by atoms with van der Waals surface area (Å²) < 4.78 is 7.19. The van der Waals surface area contributed by atoms with Gasteiger partial charge in [0.1, 0.15) is 0 Å². The molecule has 7 heteroatoms. The molecule has 1 saturated heterocycles. The Balaban J connectivity index is 1.97. The summed E-state index contributed by atoms with van der Waals surface area (Å²) >= 11 is 0. The lowest BCUT2D eigenvalue weighted by atomic mass is 10.2. The van der Waals surface area contributed by atoms with Crippen LogP contribution in [0.5, 0.6) is 0 Å². The third kappa shape index (κ3) is 2.10. The van der Waals surface area contributed by atoms with Gasteiger partial charge in [0.05, 0.1) is 24.5 Å². The second-order valence-corrected chi connectivity index (χ2v) is 4.77. The van der Waals surface area contributed by atoms with Crippen LogP contribution in [0.15, 0.2) is 0 Å². The fraction of sp³-hybridized carbons (Fsp3) is 0.583. The summed E-state index contributed by atoms with van der Waals surface area (Å²) in [5.74, 6) is 1.62. The van der Waals surface area contributed by atoms with E-state index in [9.17, 15) is 0 Å². The number of aromatic nitrogens is 5. The molecule has 0 aliphatic carbocycles. The van der Waals surface area contributed by atoms with Crippen molar-refractivity contribution in [2.45, 2.75) is 13.8 Å². The maximum Gasteiger partial charge on any atom is 0.224 e. The van der Waals surface area contributed by atoms with Gasteiger partial charge >= 0.3 is 0 Å². The zero-order valence-corrected chi connectivity index (χ0v) is 11.5. The quantitative estimate of drug-likeness (QED) is 0.860. The minimum Gasteiger partial charge on any atom is -0.378 e. The van der Waals surface area contributed by atoms with Crippen LogP contribution in [0.1, 0.15) is 11.4 Å². The Hall–Kier alpha value is -1.89. The van der Waals surface area contributed by atoms with Gasteiger partial charge in [-0.25, -0.2) is 4.68 Å². The van der Waals surface area contributed by atoms with Crippen LogP contribution in [-0.4, -0.2) is 51.3 Å². The highest BCUT2D eigenvalue weighted by Crippen LogP contribution is 2.24.